The molecule has 0 aromatic carbocycles. The molecule has 0 aliphatic heterocycles. The molecule has 0 aromatic rings. The fourth-order valence-corrected chi connectivity index (χ4v) is 5.29. The molecule has 18 heavy (non-hydrogen) atoms. The highest BCUT2D eigenvalue weighted by Crippen LogP contribution is 2.22. The predicted molar refractivity (Wildman–Crippen MR) is 81.2 cm³/mol. The second-order valence-corrected chi connectivity index (χ2v) is 9.59. The van der Waals surface area contributed by atoms with E-state index in [2.05, 4.69) is 31.3 Å². The van der Waals surface area contributed by atoms with E-state index in [9.17, 15) is 4.79 Å². The lowest BCUT2D eigenvalue weighted by Crippen LogP contribution is -2.48. The number of nitrogens with zero attached hydrogens (tertiary/aromatic N) is 1. The second kappa shape index (κ2) is 8.20. The number of hydrazone groups is 1. The number of rotatable bonds is 7. The van der Waals surface area contributed by atoms with Crippen LogP contribution in [0.4, 0.5) is 0 Å². The van der Waals surface area contributed by atoms with E-state index in [0.717, 1.165) is 18.1 Å². The normalized spacial score (nSPS) is 12.1. The van der Waals surface area contributed by atoms with Crippen molar-refractivity contribution in [2.75, 3.05) is 6.61 Å². The number of hydrogen-bond donors (Lipinski definition) is 2. The molecule has 0 spiro atoms. The van der Waals surface area contributed by atoms with E-state index in [-0.39, 0.29) is 11.1 Å². The summed E-state index contributed by atoms with van der Waals surface area (Å²) in [6.45, 7) is 8.40. The molecule has 104 valence electrons. The zero-order valence-electron chi connectivity index (χ0n) is 11.6. The number of hydrogen-bond acceptors (Lipinski definition) is 4. The van der Waals surface area contributed by atoms with Crippen molar-refractivity contribution in [2.24, 2.45) is 10.8 Å². The van der Waals surface area contributed by atoms with Crippen LogP contribution in [0.3, 0.4) is 0 Å². The Morgan fingerprint density at radius 3 is 2.11 bits per heavy atom. The molecule has 0 saturated carbocycles. The summed E-state index contributed by atoms with van der Waals surface area (Å²) in [6, 6.07) is 2.82. The summed E-state index contributed by atoms with van der Waals surface area (Å²) in [5.41, 5.74) is 7.88. The first kappa shape index (κ1) is 17.0. The number of nitrogens with one attached hydrogen (secondary N) is 1. The van der Waals surface area contributed by atoms with Crippen molar-refractivity contribution < 1.29 is 9.53 Å². The summed E-state index contributed by atoms with van der Waals surface area (Å²) in [4.78, 5) is 12.0. The lowest BCUT2D eigenvalue weighted by Gasteiger charge is -2.27. The fraction of sp³-hybridized carbons (Fsp3) is 0.727. The molecule has 0 saturated heterocycles. The van der Waals surface area contributed by atoms with Gasteiger partial charge in [0.1, 0.15) is 13.4 Å². The quantitative estimate of drug-likeness (QED) is 0.246. The van der Waals surface area contributed by atoms with Crippen LogP contribution in [0.25, 0.3) is 0 Å². The number of thiocarbonyl (C=S) groups is 1. The van der Waals surface area contributed by atoms with Gasteiger partial charge in [-0.05, 0) is 19.1 Å². The van der Waals surface area contributed by atoms with Crippen LogP contribution in [0, 0.1) is 0 Å². The van der Waals surface area contributed by atoms with Gasteiger partial charge in [0, 0.05) is 0 Å². The third kappa shape index (κ3) is 4.38. The first-order valence-electron chi connectivity index (χ1n) is 6.28. The van der Waals surface area contributed by atoms with Gasteiger partial charge in [0.15, 0.2) is 5.11 Å². The van der Waals surface area contributed by atoms with Crippen LogP contribution in [0.15, 0.2) is 5.10 Å². The Hall–Kier alpha value is -0.953. The first-order valence-corrected chi connectivity index (χ1v) is 9.31. The maximum absolute atomic E-state index is 12.0. The van der Waals surface area contributed by atoms with E-state index in [1.165, 1.54) is 0 Å². The van der Waals surface area contributed by atoms with Crippen molar-refractivity contribution in [3.05, 3.63) is 0 Å². The van der Waals surface area contributed by atoms with E-state index in [1.807, 2.05) is 0 Å². The molecule has 0 unspecified atom stereocenters. The zero-order chi connectivity index (χ0) is 14.2. The van der Waals surface area contributed by atoms with Crippen LogP contribution in [-0.2, 0) is 9.53 Å². The van der Waals surface area contributed by atoms with Gasteiger partial charge >= 0.3 is 5.97 Å². The Labute approximate surface area is 115 Å². The lowest BCUT2D eigenvalue weighted by molar-refractivity contribution is -0.134. The Morgan fingerprint density at radius 2 is 1.78 bits per heavy atom. The second-order valence-electron chi connectivity index (χ2n) is 4.00. The molecule has 0 atom stereocenters. The minimum atomic E-state index is -1.92. The molecule has 0 heterocycles. The Kier molecular flexibility index (Phi) is 7.77. The molecule has 0 aromatic heterocycles. The van der Waals surface area contributed by atoms with Crippen LogP contribution in [0.2, 0.25) is 18.1 Å². The minimum Gasteiger partial charge on any atom is -0.462 e. The van der Waals surface area contributed by atoms with Crippen LogP contribution in [0.5, 0.6) is 0 Å². The van der Waals surface area contributed by atoms with Gasteiger partial charge in [-0.1, -0.05) is 38.9 Å². The number of ether oxygens (including phenoxy) is 1. The third-order valence-electron chi connectivity index (χ3n) is 3.28. The van der Waals surface area contributed by atoms with Crippen molar-refractivity contribution >= 4 is 36.7 Å². The predicted octanol–water partition coefficient (Wildman–Crippen LogP) is 1.79. The monoisotopic (exact) mass is 289 g/mol. The molecular weight excluding hydrogens is 266 g/mol. The highest BCUT2D eigenvalue weighted by Gasteiger charge is 2.38. The van der Waals surface area contributed by atoms with Gasteiger partial charge in [0.25, 0.3) is 0 Å². The number of carbonyl (C=O) groups excluding carboxylic acids is 1. The summed E-state index contributed by atoms with van der Waals surface area (Å²) < 4.78 is 5.09. The Bertz CT molecular complexity index is 322. The van der Waals surface area contributed by atoms with Gasteiger partial charge in [0.05, 0.1) is 6.61 Å². The van der Waals surface area contributed by atoms with Crippen LogP contribution >= 0.6 is 12.2 Å². The van der Waals surface area contributed by atoms with Crippen molar-refractivity contribution in [2.45, 2.75) is 45.8 Å². The number of esters is 1. The van der Waals surface area contributed by atoms with Gasteiger partial charge in [-0.25, -0.2) is 4.79 Å². The summed E-state index contributed by atoms with van der Waals surface area (Å²) in [6.07, 6.45) is 0. The average Bonchev–Trinajstić information content (AvgIpc) is 2.35. The molecule has 0 bridgehead atoms. The van der Waals surface area contributed by atoms with Crippen molar-refractivity contribution in [1.29, 1.82) is 0 Å². The van der Waals surface area contributed by atoms with Crippen LogP contribution in [-0.4, -0.2) is 31.1 Å². The molecule has 0 fully saturated rings. The number of nitrogens with two attached hydrogens (primary N) is 1. The van der Waals surface area contributed by atoms with Crippen LogP contribution < -0.4 is 11.2 Å². The lowest BCUT2D eigenvalue weighted by atomic mass is 10.7. The van der Waals surface area contributed by atoms with Gasteiger partial charge in [0.2, 0.25) is 0 Å². The molecule has 3 N–H and O–H groups in total. The topological polar surface area (TPSA) is 76.7 Å². The van der Waals surface area contributed by atoms with Gasteiger partial charge in [-0.15, -0.1) is 0 Å². The average molecular weight is 289 g/mol. The van der Waals surface area contributed by atoms with Crippen molar-refractivity contribution in [3.8, 4) is 0 Å². The molecule has 0 rings (SSSR count). The van der Waals surface area contributed by atoms with Gasteiger partial charge in [-0.2, -0.15) is 5.10 Å². The van der Waals surface area contributed by atoms with Crippen molar-refractivity contribution in [3.63, 3.8) is 0 Å². The summed E-state index contributed by atoms with van der Waals surface area (Å²) in [7, 11) is -1.92. The van der Waals surface area contributed by atoms with Gasteiger partial charge in [-0.3, -0.25) is 5.43 Å². The van der Waals surface area contributed by atoms with Gasteiger partial charge < -0.3 is 10.5 Å². The molecular formula is C11H23N3O2SSi. The maximum atomic E-state index is 12.0. The fourth-order valence-electron chi connectivity index (χ4n) is 1.94. The maximum Gasteiger partial charge on any atom is 0.349 e. The first-order chi connectivity index (χ1) is 8.47. The molecule has 5 nitrogen and oxygen atoms in total. The largest absolute Gasteiger partial charge is 0.462 e. The smallest absolute Gasteiger partial charge is 0.349 e. The summed E-state index contributed by atoms with van der Waals surface area (Å²) in [5, 5.41) is 4.68. The highest BCUT2D eigenvalue weighted by molar-refractivity contribution is 7.80. The molecule has 0 aliphatic rings. The molecule has 0 amide bonds. The van der Waals surface area contributed by atoms with E-state index >= 15 is 0 Å². The molecule has 7 heteroatoms. The minimum absolute atomic E-state index is 0.0583. The summed E-state index contributed by atoms with van der Waals surface area (Å²) in [5.74, 6) is -0.349. The standard InChI is InChI=1S/C11H23N3O2SSi/c1-5-16-10(15)9(13-14-11(12)17)18(6-2,7-3)8-4/h5-8H2,1-4H3,(H3,12,14,17)/b13-9-. The number of carbonyl (C=O) groups is 1. The van der Waals surface area contributed by atoms with E-state index in [0.29, 0.717) is 11.9 Å². The molecule has 0 radical (unpaired) electrons. The Morgan fingerprint density at radius 1 is 1.28 bits per heavy atom. The molecule has 0 aliphatic carbocycles. The zero-order valence-corrected chi connectivity index (χ0v) is 13.4. The highest BCUT2D eigenvalue weighted by atomic mass is 32.1. The third-order valence-corrected chi connectivity index (χ3v) is 8.75. The van der Waals surface area contributed by atoms with E-state index in [4.69, 9.17) is 22.7 Å². The van der Waals surface area contributed by atoms with Crippen molar-refractivity contribution in [1.82, 2.24) is 5.43 Å². The van der Waals surface area contributed by atoms with E-state index < -0.39 is 8.07 Å². The summed E-state index contributed by atoms with van der Waals surface area (Å²) >= 11 is 4.72. The van der Waals surface area contributed by atoms with E-state index in [1.54, 1.807) is 6.92 Å². The van der Waals surface area contributed by atoms with Crippen LogP contribution in [0.1, 0.15) is 27.7 Å². The Balaban J connectivity index is 5.35. The SMILES string of the molecule is CCOC(=O)/C(=N/NC(N)=S)[Si](CC)(CC)CC.